The van der Waals surface area contributed by atoms with Crippen molar-refractivity contribution in [2.24, 2.45) is 0 Å². The standard InChI is InChI=1S/C11H15ClN2O/c1-7-3-4-10(12)13-11(7)14(2)8-5-9(15)6-8/h3-4,8-9,15H,5-6H2,1-2H3. The highest BCUT2D eigenvalue weighted by Gasteiger charge is 2.31. The quantitative estimate of drug-likeness (QED) is 0.784. The smallest absolute Gasteiger partial charge is 0.133 e. The Hall–Kier alpha value is -0.800. The summed E-state index contributed by atoms with van der Waals surface area (Å²) >= 11 is 5.87. The SMILES string of the molecule is Cc1ccc(Cl)nc1N(C)C1CC(O)C1. The van der Waals surface area contributed by atoms with Gasteiger partial charge >= 0.3 is 0 Å². The zero-order chi connectivity index (χ0) is 11.0. The summed E-state index contributed by atoms with van der Waals surface area (Å²) < 4.78 is 0. The minimum Gasteiger partial charge on any atom is -0.393 e. The van der Waals surface area contributed by atoms with E-state index in [1.54, 1.807) is 6.07 Å². The Balaban J connectivity index is 2.17. The number of aliphatic hydroxyl groups excluding tert-OH is 1. The van der Waals surface area contributed by atoms with Gasteiger partial charge in [-0.2, -0.15) is 0 Å². The lowest BCUT2D eigenvalue weighted by atomic mass is 9.88. The number of pyridine rings is 1. The highest BCUT2D eigenvalue weighted by molar-refractivity contribution is 6.29. The summed E-state index contributed by atoms with van der Waals surface area (Å²) in [5, 5.41) is 9.78. The zero-order valence-corrected chi connectivity index (χ0v) is 9.70. The van der Waals surface area contributed by atoms with E-state index in [0.29, 0.717) is 11.2 Å². The van der Waals surface area contributed by atoms with Crippen molar-refractivity contribution in [3.05, 3.63) is 22.8 Å². The minimum absolute atomic E-state index is 0.142. The lowest BCUT2D eigenvalue weighted by Gasteiger charge is -2.39. The second-order valence-corrected chi connectivity index (χ2v) is 4.55. The molecule has 1 N–H and O–H groups in total. The first-order valence-electron chi connectivity index (χ1n) is 5.12. The van der Waals surface area contributed by atoms with Gasteiger partial charge in [0.15, 0.2) is 0 Å². The number of aromatic nitrogens is 1. The fourth-order valence-corrected chi connectivity index (χ4v) is 2.04. The number of hydrogen-bond acceptors (Lipinski definition) is 3. The Bertz CT molecular complexity index is 364. The summed E-state index contributed by atoms with van der Waals surface area (Å²) in [5.41, 5.74) is 1.11. The highest BCUT2D eigenvalue weighted by Crippen LogP contribution is 2.29. The van der Waals surface area contributed by atoms with Crippen LogP contribution in [0.5, 0.6) is 0 Å². The number of aliphatic hydroxyl groups is 1. The molecule has 82 valence electrons. The summed E-state index contributed by atoms with van der Waals surface area (Å²) in [4.78, 5) is 6.42. The molecule has 15 heavy (non-hydrogen) atoms. The topological polar surface area (TPSA) is 36.4 Å². The molecule has 0 saturated heterocycles. The van der Waals surface area contributed by atoms with E-state index in [1.807, 2.05) is 20.0 Å². The first kappa shape index (κ1) is 10.7. The normalized spacial score (nSPS) is 24.8. The van der Waals surface area contributed by atoms with E-state index < -0.39 is 0 Å². The van der Waals surface area contributed by atoms with Crippen molar-refractivity contribution in [1.82, 2.24) is 4.98 Å². The molecule has 1 aromatic rings. The van der Waals surface area contributed by atoms with Crippen LogP contribution >= 0.6 is 11.6 Å². The third-order valence-corrected chi connectivity index (χ3v) is 3.22. The molecule has 1 heterocycles. The Morgan fingerprint density at radius 1 is 1.47 bits per heavy atom. The Morgan fingerprint density at radius 3 is 2.73 bits per heavy atom. The molecule has 0 spiro atoms. The molecule has 1 aromatic heterocycles. The molecule has 3 nitrogen and oxygen atoms in total. The van der Waals surface area contributed by atoms with Crippen LogP contribution in [0, 0.1) is 6.92 Å². The molecule has 0 unspecified atom stereocenters. The summed E-state index contributed by atoms with van der Waals surface area (Å²) in [7, 11) is 2.00. The summed E-state index contributed by atoms with van der Waals surface area (Å²) in [6.07, 6.45) is 1.51. The third kappa shape index (κ3) is 2.08. The average Bonchev–Trinajstić information content (AvgIpc) is 2.16. The largest absolute Gasteiger partial charge is 0.393 e. The van der Waals surface area contributed by atoms with E-state index in [0.717, 1.165) is 24.2 Å². The molecule has 0 atom stereocenters. The van der Waals surface area contributed by atoms with Gasteiger partial charge in [0, 0.05) is 13.1 Å². The second-order valence-electron chi connectivity index (χ2n) is 4.16. The molecule has 0 amide bonds. The van der Waals surface area contributed by atoms with Crippen LogP contribution in [0.3, 0.4) is 0 Å². The van der Waals surface area contributed by atoms with Crippen molar-refractivity contribution in [2.45, 2.75) is 31.9 Å². The van der Waals surface area contributed by atoms with Gasteiger partial charge in [-0.25, -0.2) is 4.98 Å². The van der Waals surface area contributed by atoms with Crippen molar-refractivity contribution in [2.75, 3.05) is 11.9 Å². The Labute approximate surface area is 94.7 Å². The number of rotatable bonds is 2. The van der Waals surface area contributed by atoms with Crippen LogP contribution in [0.2, 0.25) is 5.15 Å². The van der Waals surface area contributed by atoms with Gasteiger partial charge in [0.05, 0.1) is 6.10 Å². The van der Waals surface area contributed by atoms with Gasteiger partial charge in [-0.05, 0) is 31.4 Å². The monoisotopic (exact) mass is 226 g/mol. The molecule has 0 radical (unpaired) electrons. The average molecular weight is 227 g/mol. The molecule has 1 aliphatic rings. The van der Waals surface area contributed by atoms with Crippen LogP contribution in [-0.2, 0) is 0 Å². The lowest BCUT2D eigenvalue weighted by Crippen LogP contribution is -2.45. The lowest BCUT2D eigenvalue weighted by molar-refractivity contribution is 0.0748. The van der Waals surface area contributed by atoms with E-state index in [9.17, 15) is 5.11 Å². The predicted molar refractivity (Wildman–Crippen MR) is 61.4 cm³/mol. The van der Waals surface area contributed by atoms with E-state index >= 15 is 0 Å². The highest BCUT2D eigenvalue weighted by atomic mass is 35.5. The van der Waals surface area contributed by atoms with Gasteiger partial charge in [0.2, 0.25) is 0 Å². The maximum atomic E-state index is 9.26. The first-order valence-corrected chi connectivity index (χ1v) is 5.50. The van der Waals surface area contributed by atoms with Crippen molar-refractivity contribution < 1.29 is 5.11 Å². The molecule has 1 fully saturated rings. The van der Waals surface area contributed by atoms with Gasteiger partial charge in [-0.3, -0.25) is 0 Å². The van der Waals surface area contributed by atoms with E-state index in [4.69, 9.17) is 11.6 Å². The molecule has 0 aliphatic heterocycles. The number of nitrogens with zero attached hydrogens (tertiary/aromatic N) is 2. The number of halogens is 1. The molecule has 2 rings (SSSR count). The zero-order valence-electron chi connectivity index (χ0n) is 8.94. The minimum atomic E-state index is -0.142. The Kier molecular flexibility index (Phi) is 2.85. The maximum Gasteiger partial charge on any atom is 0.133 e. The van der Waals surface area contributed by atoms with Crippen LogP contribution in [0.25, 0.3) is 0 Å². The Morgan fingerprint density at radius 2 is 2.13 bits per heavy atom. The number of aryl methyl sites for hydroxylation is 1. The summed E-state index contributed by atoms with van der Waals surface area (Å²) in [5.74, 6) is 0.916. The van der Waals surface area contributed by atoms with Crippen molar-refractivity contribution in [1.29, 1.82) is 0 Å². The first-order chi connectivity index (χ1) is 7.08. The number of anilines is 1. The third-order valence-electron chi connectivity index (χ3n) is 3.01. The van der Waals surface area contributed by atoms with E-state index in [1.165, 1.54) is 0 Å². The van der Waals surface area contributed by atoms with Crippen molar-refractivity contribution in [3.8, 4) is 0 Å². The van der Waals surface area contributed by atoms with Crippen molar-refractivity contribution in [3.63, 3.8) is 0 Å². The van der Waals surface area contributed by atoms with E-state index in [2.05, 4.69) is 9.88 Å². The maximum absolute atomic E-state index is 9.26. The molecule has 0 bridgehead atoms. The van der Waals surface area contributed by atoms with Gasteiger partial charge in [-0.1, -0.05) is 17.7 Å². The van der Waals surface area contributed by atoms with Crippen LogP contribution in [0.4, 0.5) is 5.82 Å². The molecule has 4 heteroatoms. The van der Waals surface area contributed by atoms with E-state index in [-0.39, 0.29) is 6.10 Å². The van der Waals surface area contributed by atoms with Gasteiger partial charge < -0.3 is 10.0 Å². The molecular formula is C11H15ClN2O. The van der Waals surface area contributed by atoms with Crippen LogP contribution in [0.1, 0.15) is 18.4 Å². The predicted octanol–water partition coefficient (Wildman–Crippen LogP) is 2.00. The van der Waals surface area contributed by atoms with Crippen LogP contribution in [-0.4, -0.2) is 29.3 Å². The van der Waals surface area contributed by atoms with Crippen LogP contribution < -0.4 is 4.90 Å². The van der Waals surface area contributed by atoms with Crippen LogP contribution in [0.15, 0.2) is 12.1 Å². The molecule has 1 aliphatic carbocycles. The summed E-state index contributed by atoms with van der Waals surface area (Å²) in [6, 6.07) is 4.16. The fraction of sp³-hybridized carbons (Fsp3) is 0.545. The van der Waals surface area contributed by atoms with Gasteiger partial charge in [0.25, 0.3) is 0 Å². The number of hydrogen-bond donors (Lipinski definition) is 1. The van der Waals surface area contributed by atoms with Gasteiger partial charge in [-0.15, -0.1) is 0 Å². The van der Waals surface area contributed by atoms with Crippen molar-refractivity contribution >= 4 is 17.4 Å². The fourth-order valence-electron chi connectivity index (χ4n) is 1.90. The summed E-state index contributed by atoms with van der Waals surface area (Å²) in [6.45, 7) is 2.02. The van der Waals surface area contributed by atoms with Gasteiger partial charge in [0.1, 0.15) is 11.0 Å². The molecular weight excluding hydrogens is 212 g/mol. The molecule has 0 aromatic carbocycles. The molecule has 1 saturated carbocycles. The second kappa shape index (κ2) is 3.99.